The summed E-state index contributed by atoms with van der Waals surface area (Å²) >= 11 is 5.00. The minimum Gasteiger partial charge on any atom is -0.462 e. The summed E-state index contributed by atoms with van der Waals surface area (Å²) in [5, 5.41) is 3.13. The van der Waals surface area contributed by atoms with Gasteiger partial charge in [0.15, 0.2) is 5.11 Å². The summed E-state index contributed by atoms with van der Waals surface area (Å²) in [6, 6.07) is 6.66. The van der Waals surface area contributed by atoms with Crippen LogP contribution in [0.3, 0.4) is 0 Å². The van der Waals surface area contributed by atoms with Crippen LogP contribution in [0.25, 0.3) is 0 Å². The van der Waals surface area contributed by atoms with Crippen LogP contribution in [0.15, 0.2) is 24.3 Å². The molecule has 108 valence electrons. The molecule has 1 rings (SSSR count). The number of carbonyl (C=O) groups excluding carboxylic acids is 2. The van der Waals surface area contributed by atoms with E-state index in [0.29, 0.717) is 24.3 Å². The molecule has 7 heteroatoms. The van der Waals surface area contributed by atoms with Crippen molar-refractivity contribution >= 4 is 34.9 Å². The molecule has 0 fully saturated rings. The molecular weight excluding hydrogens is 278 g/mol. The monoisotopic (exact) mass is 295 g/mol. The number of carbonyl (C=O) groups is 2. The van der Waals surface area contributed by atoms with Crippen molar-refractivity contribution in [2.45, 2.75) is 20.3 Å². The Bertz CT molecular complexity index is 488. The number of amides is 1. The Labute approximate surface area is 122 Å². The fourth-order valence-corrected chi connectivity index (χ4v) is 1.45. The fraction of sp³-hybridized carbons (Fsp3) is 0.308. The number of thiocarbonyl (C=S) groups is 1. The van der Waals surface area contributed by atoms with E-state index in [2.05, 4.69) is 16.2 Å². The predicted molar refractivity (Wildman–Crippen MR) is 80.2 cm³/mol. The maximum Gasteiger partial charge on any atom is 0.338 e. The first kappa shape index (κ1) is 15.9. The van der Waals surface area contributed by atoms with E-state index in [1.807, 2.05) is 0 Å². The Balaban J connectivity index is 2.50. The van der Waals surface area contributed by atoms with Crippen molar-refractivity contribution in [1.82, 2.24) is 10.9 Å². The third kappa shape index (κ3) is 5.23. The van der Waals surface area contributed by atoms with Crippen LogP contribution in [0.1, 0.15) is 30.6 Å². The third-order valence-electron chi connectivity index (χ3n) is 2.29. The third-order valence-corrected chi connectivity index (χ3v) is 2.49. The predicted octanol–water partition coefficient (Wildman–Crippen LogP) is 1.59. The Kier molecular flexibility index (Phi) is 6.45. The molecule has 0 aliphatic rings. The second kappa shape index (κ2) is 8.11. The Morgan fingerprint density at radius 3 is 2.35 bits per heavy atom. The quantitative estimate of drug-likeness (QED) is 0.445. The first-order valence-electron chi connectivity index (χ1n) is 6.19. The topological polar surface area (TPSA) is 79.5 Å². The number of benzene rings is 1. The van der Waals surface area contributed by atoms with Gasteiger partial charge in [-0.1, -0.05) is 6.92 Å². The van der Waals surface area contributed by atoms with Crippen LogP contribution in [0.4, 0.5) is 5.69 Å². The molecule has 6 nitrogen and oxygen atoms in total. The van der Waals surface area contributed by atoms with Crippen molar-refractivity contribution in [3.63, 3.8) is 0 Å². The fourth-order valence-electron chi connectivity index (χ4n) is 1.28. The molecule has 0 heterocycles. The molecule has 1 aromatic carbocycles. The lowest BCUT2D eigenvalue weighted by Gasteiger charge is -2.11. The summed E-state index contributed by atoms with van der Waals surface area (Å²) in [7, 11) is 0. The first-order chi connectivity index (χ1) is 9.56. The van der Waals surface area contributed by atoms with E-state index in [9.17, 15) is 9.59 Å². The van der Waals surface area contributed by atoms with Crippen LogP contribution in [-0.2, 0) is 9.53 Å². The molecule has 1 amide bonds. The minimum absolute atomic E-state index is 0.160. The highest BCUT2D eigenvalue weighted by molar-refractivity contribution is 7.80. The van der Waals surface area contributed by atoms with Crippen LogP contribution in [0.2, 0.25) is 0 Å². The normalized spacial score (nSPS) is 9.50. The van der Waals surface area contributed by atoms with Gasteiger partial charge in [-0.3, -0.25) is 15.6 Å². The number of esters is 1. The second-order valence-electron chi connectivity index (χ2n) is 3.78. The van der Waals surface area contributed by atoms with Gasteiger partial charge in [0, 0.05) is 12.1 Å². The lowest BCUT2D eigenvalue weighted by atomic mass is 10.2. The van der Waals surface area contributed by atoms with Gasteiger partial charge in [0.05, 0.1) is 12.2 Å². The van der Waals surface area contributed by atoms with Crippen molar-refractivity contribution in [2.75, 3.05) is 11.9 Å². The van der Waals surface area contributed by atoms with E-state index >= 15 is 0 Å². The molecule has 3 N–H and O–H groups in total. The average Bonchev–Trinajstić information content (AvgIpc) is 2.45. The number of hydrogen-bond donors (Lipinski definition) is 3. The molecular formula is C13H17N3O3S. The summed E-state index contributed by atoms with van der Waals surface area (Å²) in [5.74, 6) is -0.526. The Morgan fingerprint density at radius 1 is 1.15 bits per heavy atom. The van der Waals surface area contributed by atoms with Crippen LogP contribution in [-0.4, -0.2) is 23.6 Å². The molecule has 0 aliphatic heterocycles. The molecule has 0 aromatic heterocycles. The Hall–Kier alpha value is -2.15. The summed E-state index contributed by atoms with van der Waals surface area (Å²) in [6.45, 7) is 3.83. The number of nitrogens with one attached hydrogen (secondary N) is 3. The number of hydrogen-bond acceptors (Lipinski definition) is 4. The first-order valence-corrected chi connectivity index (χ1v) is 6.60. The van der Waals surface area contributed by atoms with Gasteiger partial charge in [-0.25, -0.2) is 4.79 Å². The smallest absolute Gasteiger partial charge is 0.338 e. The zero-order valence-electron chi connectivity index (χ0n) is 11.4. The van der Waals surface area contributed by atoms with Gasteiger partial charge in [0.25, 0.3) is 0 Å². The van der Waals surface area contributed by atoms with Crippen LogP contribution >= 0.6 is 12.2 Å². The molecule has 0 saturated heterocycles. The van der Waals surface area contributed by atoms with E-state index in [1.165, 1.54) is 0 Å². The van der Waals surface area contributed by atoms with E-state index in [1.54, 1.807) is 38.1 Å². The molecule has 0 unspecified atom stereocenters. The second-order valence-corrected chi connectivity index (χ2v) is 4.19. The lowest BCUT2D eigenvalue weighted by Crippen LogP contribution is -2.43. The van der Waals surface area contributed by atoms with E-state index in [4.69, 9.17) is 17.0 Å². The van der Waals surface area contributed by atoms with Crippen molar-refractivity contribution in [3.8, 4) is 0 Å². The van der Waals surface area contributed by atoms with E-state index < -0.39 is 0 Å². The molecule has 1 aromatic rings. The molecule has 0 spiro atoms. The van der Waals surface area contributed by atoms with Gasteiger partial charge in [-0.05, 0) is 43.4 Å². The number of rotatable bonds is 4. The summed E-state index contributed by atoms with van der Waals surface area (Å²) in [4.78, 5) is 22.5. The summed E-state index contributed by atoms with van der Waals surface area (Å²) in [6.07, 6.45) is 0.365. The zero-order chi connectivity index (χ0) is 15.0. The molecule has 0 bridgehead atoms. The summed E-state index contributed by atoms with van der Waals surface area (Å²) in [5.41, 5.74) is 6.16. The molecule has 20 heavy (non-hydrogen) atoms. The van der Waals surface area contributed by atoms with Crippen molar-refractivity contribution in [3.05, 3.63) is 29.8 Å². The maximum atomic E-state index is 11.5. The molecule has 0 aliphatic carbocycles. The highest BCUT2D eigenvalue weighted by atomic mass is 32.1. The van der Waals surface area contributed by atoms with Gasteiger partial charge < -0.3 is 10.1 Å². The van der Waals surface area contributed by atoms with Crippen molar-refractivity contribution in [1.29, 1.82) is 0 Å². The maximum absolute atomic E-state index is 11.5. The van der Waals surface area contributed by atoms with Gasteiger partial charge in [0.1, 0.15) is 0 Å². The van der Waals surface area contributed by atoms with Crippen LogP contribution in [0.5, 0.6) is 0 Å². The van der Waals surface area contributed by atoms with Crippen molar-refractivity contribution < 1.29 is 14.3 Å². The largest absolute Gasteiger partial charge is 0.462 e. The van der Waals surface area contributed by atoms with Gasteiger partial charge in [0.2, 0.25) is 5.91 Å². The lowest BCUT2D eigenvalue weighted by molar-refractivity contribution is -0.121. The van der Waals surface area contributed by atoms with E-state index in [-0.39, 0.29) is 17.0 Å². The van der Waals surface area contributed by atoms with Gasteiger partial charge in [-0.2, -0.15) is 0 Å². The highest BCUT2D eigenvalue weighted by Crippen LogP contribution is 2.10. The SMILES string of the molecule is CCOC(=O)c1ccc(NC(=S)NNC(=O)CC)cc1. The van der Waals surface area contributed by atoms with Gasteiger partial charge >= 0.3 is 5.97 Å². The number of ether oxygens (including phenoxy) is 1. The number of hydrazine groups is 1. The minimum atomic E-state index is -0.366. The average molecular weight is 295 g/mol. The van der Waals surface area contributed by atoms with Crippen LogP contribution in [0, 0.1) is 0 Å². The molecule has 0 radical (unpaired) electrons. The molecule has 0 atom stereocenters. The summed E-state index contributed by atoms with van der Waals surface area (Å²) < 4.78 is 4.88. The standard InChI is InChI=1S/C13H17N3O3S/c1-3-11(17)15-16-13(20)14-10-7-5-9(6-8-10)12(18)19-4-2/h5-8H,3-4H2,1-2H3,(H,15,17)(H2,14,16,20). The van der Waals surface area contributed by atoms with E-state index in [0.717, 1.165) is 0 Å². The zero-order valence-corrected chi connectivity index (χ0v) is 12.2. The highest BCUT2D eigenvalue weighted by Gasteiger charge is 2.06. The van der Waals surface area contributed by atoms with Gasteiger partial charge in [-0.15, -0.1) is 0 Å². The number of anilines is 1. The molecule has 0 saturated carbocycles. The Morgan fingerprint density at radius 2 is 1.80 bits per heavy atom. The van der Waals surface area contributed by atoms with Crippen LogP contribution < -0.4 is 16.2 Å². The van der Waals surface area contributed by atoms with Crippen molar-refractivity contribution in [2.24, 2.45) is 0 Å².